The lowest BCUT2D eigenvalue weighted by Crippen LogP contribution is -2.07. The molecule has 5 nitrogen and oxygen atoms in total. The molecular formula is C12H10ClN3O2. The normalized spacial score (nSPS) is 9.89. The van der Waals surface area contributed by atoms with E-state index >= 15 is 0 Å². The van der Waals surface area contributed by atoms with Crippen LogP contribution in [0.15, 0.2) is 36.8 Å². The van der Waals surface area contributed by atoms with Crippen LogP contribution in [0, 0.1) is 0 Å². The van der Waals surface area contributed by atoms with Crippen LogP contribution in [0.4, 0.5) is 11.5 Å². The Morgan fingerprint density at radius 1 is 1.33 bits per heavy atom. The van der Waals surface area contributed by atoms with Gasteiger partial charge in [-0.25, -0.2) is 14.8 Å². The fraction of sp³-hybridized carbons (Fsp3) is 0.0833. The number of hydrogen-bond donors (Lipinski definition) is 1. The molecule has 0 saturated carbocycles. The van der Waals surface area contributed by atoms with Crippen LogP contribution >= 0.6 is 11.6 Å². The molecule has 1 aromatic heterocycles. The van der Waals surface area contributed by atoms with E-state index in [2.05, 4.69) is 20.0 Å². The summed E-state index contributed by atoms with van der Waals surface area (Å²) in [7, 11) is 1.31. The molecule has 1 heterocycles. The second-order valence-corrected chi connectivity index (χ2v) is 3.84. The number of benzene rings is 1. The Hall–Kier alpha value is -2.14. The second-order valence-electron chi connectivity index (χ2n) is 3.41. The largest absolute Gasteiger partial charge is 0.465 e. The molecule has 92 valence electrons. The molecule has 0 saturated heterocycles. The third-order valence-corrected chi connectivity index (χ3v) is 2.48. The zero-order valence-corrected chi connectivity index (χ0v) is 10.3. The van der Waals surface area contributed by atoms with Crippen LogP contribution in [0.3, 0.4) is 0 Å². The van der Waals surface area contributed by atoms with Gasteiger partial charge in [0, 0.05) is 16.9 Å². The summed E-state index contributed by atoms with van der Waals surface area (Å²) in [5, 5.41) is 3.64. The van der Waals surface area contributed by atoms with E-state index in [1.807, 2.05) is 0 Å². The molecule has 0 bridgehead atoms. The standard InChI is InChI=1S/C12H10ClN3O2/c1-18-12(17)10-6-14-7-15-11(10)16-9-4-2-8(13)3-5-9/h2-7H,1H3,(H,14,15,16). The van der Waals surface area contributed by atoms with Gasteiger partial charge in [-0.05, 0) is 24.3 Å². The maximum atomic E-state index is 11.5. The van der Waals surface area contributed by atoms with Gasteiger partial charge in [0.25, 0.3) is 0 Å². The molecule has 0 aliphatic carbocycles. The first kappa shape index (κ1) is 12.3. The number of esters is 1. The molecule has 0 spiro atoms. The van der Waals surface area contributed by atoms with Crippen LogP contribution in [0.5, 0.6) is 0 Å². The molecule has 0 radical (unpaired) electrons. The third kappa shape index (κ3) is 2.75. The number of hydrogen-bond acceptors (Lipinski definition) is 5. The van der Waals surface area contributed by atoms with E-state index < -0.39 is 5.97 Å². The summed E-state index contributed by atoms with van der Waals surface area (Å²) >= 11 is 5.79. The number of nitrogens with one attached hydrogen (secondary N) is 1. The van der Waals surface area contributed by atoms with Crippen LogP contribution < -0.4 is 5.32 Å². The first-order chi connectivity index (χ1) is 8.70. The summed E-state index contributed by atoms with van der Waals surface area (Å²) in [5.41, 5.74) is 1.04. The van der Waals surface area contributed by atoms with Crippen molar-refractivity contribution in [2.45, 2.75) is 0 Å². The van der Waals surface area contributed by atoms with Gasteiger partial charge in [-0.15, -0.1) is 0 Å². The van der Waals surface area contributed by atoms with Gasteiger partial charge in [-0.1, -0.05) is 11.6 Å². The van der Waals surface area contributed by atoms with Crippen LogP contribution in [-0.4, -0.2) is 23.0 Å². The highest BCUT2D eigenvalue weighted by Crippen LogP contribution is 2.20. The Labute approximate surface area is 109 Å². The number of halogens is 1. The highest BCUT2D eigenvalue weighted by molar-refractivity contribution is 6.30. The smallest absolute Gasteiger partial charge is 0.343 e. The van der Waals surface area contributed by atoms with Gasteiger partial charge in [-0.3, -0.25) is 0 Å². The Morgan fingerprint density at radius 3 is 2.72 bits per heavy atom. The molecule has 18 heavy (non-hydrogen) atoms. The molecule has 0 aliphatic rings. The topological polar surface area (TPSA) is 64.1 Å². The summed E-state index contributed by atoms with van der Waals surface area (Å²) in [5.74, 6) is -0.105. The molecule has 2 rings (SSSR count). The molecule has 1 N–H and O–H groups in total. The monoisotopic (exact) mass is 263 g/mol. The summed E-state index contributed by atoms with van der Waals surface area (Å²) in [6.45, 7) is 0. The van der Waals surface area contributed by atoms with Crippen molar-refractivity contribution < 1.29 is 9.53 Å². The van der Waals surface area contributed by atoms with Crippen LogP contribution in [0.2, 0.25) is 5.02 Å². The Bertz CT molecular complexity index is 558. The van der Waals surface area contributed by atoms with E-state index in [1.165, 1.54) is 19.6 Å². The zero-order chi connectivity index (χ0) is 13.0. The minimum absolute atomic E-state index is 0.273. The molecular weight excluding hydrogens is 254 g/mol. The number of carbonyl (C=O) groups excluding carboxylic acids is 1. The van der Waals surface area contributed by atoms with Gasteiger partial charge in [0.2, 0.25) is 0 Å². The minimum Gasteiger partial charge on any atom is -0.465 e. The number of methoxy groups -OCH3 is 1. The van der Waals surface area contributed by atoms with Crippen molar-refractivity contribution >= 4 is 29.1 Å². The number of nitrogens with zero attached hydrogens (tertiary/aromatic N) is 2. The van der Waals surface area contributed by atoms with E-state index in [0.29, 0.717) is 10.8 Å². The lowest BCUT2D eigenvalue weighted by molar-refractivity contribution is 0.0601. The quantitative estimate of drug-likeness (QED) is 0.863. The van der Waals surface area contributed by atoms with Crippen LogP contribution in [-0.2, 0) is 4.74 Å². The number of aromatic nitrogens is 2. The van der Waals surface area contributed by atoms with Crippen molar-refractivity contribution in [1.82, 2.24) is 9.97 Å². The molecule has 0 atom stereocenters. The first-order valence-electron chi connectivity index (χ1n) is 5.11. The van der Waals surface area contributed by atoms with E-state index in [-0.39, 0.29) is 5.56 Å². The SMILES string of the molecule is COC(=O)c1cncnc1Nc1ccc(Cl)cc1. The summed E-state index contributed by atoms with van der Waals surface area (Å²) < 4.78 is 4.65. The lowest BCUT2D eigenvalue weighted by atomic mass is 10.2. The minimum atomic E-state index is -0.493. The highest BCUT2D eigenvalue weighted by atomic mass is 35.5. The van der Waals surface area contributed by atoms with Crippen LogP contribution in [0.1, 0.15) is 10.4 Å². The number of rotatable bonds is 3. The maximum Gasteiger partial charge on any atom is 0.343 e. The van der Waals surface area contributed by atoms with Crippen molar-refractivity contribution in [3.8, 4) is 0 Å². The molecule has 0 aliphatic heterocycles. The molecule has 1 aromatic carbocycles. The molecule has 2 aromatic rings. The molecule has 0 amide bonds. The number of carbonyl (C=O) groups is 1. The van der Waals surface area contributed by atoms with Gasteiger partial charge >= 0.3 is 5.97 Å². The van der Waals surface area contributed by atoms with Crippen molar-refractivity contribution in [2.24, 2.45) is 0 Å². The Balaban J connectivity index is 2.28. The summed E-state index contributed by atoms with van der Waals surface area (Å²) in [4.78, 5) is 19.3. The lowest BCUT2D eigenvalue weighted by Gasteiger charge is -2.08. The number of anilines is 2. The Morgan fingerprint density at radius 2 is 2.06 bits per heavy atom. The van der Waals surface area contributed by atoms with Crippen molar-refractivity contribution in [1.29, 1.82) is 0 Å². The van der Waals surface area contributed by atoms with Gasteiger partial charge < -0.3 is 10.1 Å². The van der Waals surface area contributed by atoms with Crippen molar-refractivity contribution in [3.63, 3.8) is 0 Å². The van der Waals surface area contributed by atoms with E-state index in [0.717, 1.165) is 5.69 Å². The molecule has 6 heteroatoms. The second kappa shape index (κ2) is 5.46. The fourth-order valence-corrected chi connectivity index (χ4v) is 1.48. The third-order valence-electron chi connectivity index (χ3n) is 2.22. The van der Waals surface area contributed by atoms with E-state index in [1.54, 1.807) is 24.3 Å². The van der Waals surface area contributed by atoms with E-state index in [4.69, 9.17) is 11.6 Å². The first-order valence-corrected chi connectivity index (χ1v) is 5.49. The van der Waals surface area contributed by atoms with Gasteiger partial charge in [0.05, 0.1) is 7.11 Å². The average molecular weight is 264 g/mol. The van der Waals surface area contributed by atoms with Crippen LogP contribution in [0.25, 0.3) is 0 Å². The fourth-order valence-electron chi connectivity index (χ4n) is 1.36. The van der Waals surface area contributed by atoms with E-state index in [9.17, 15) is 4.79 Å². The average Bonchev–Trinajstić information content (AvgIpc) is 2.41. The zero-order valence-electron chi connectivity index (χ0n) is 9.55. The number of ether oxygens (including phenoxy) is 1. The molecule has 0 fully saturated rings. The van der Waals surface area contributed by atoms with Gasteiger partial charge in [0.1, 0.15) is 17.7 Å². The Kier molecular flexibility index (Phi) is 3.74. The summed E-state index contributed by atoms with van der Waals surface area (Å²) in [6.07, 6.45) is 2.75. The maximum absolute atomic E-state index is 11.5. The van der Waals surface area contributed by atoms with Gasteiger partial charge in [-0.2, -0.15) is 0 Å². The summed E-state index contributed by atoms with van der Waals surface area (Å²) in [6, 6.07) is 7.04. The predicted octanol–water partition coefficient (Wildman–Crippen LogP) is 2.66. The highest BCUT2D eigenvalue weighted by Gasteiger charge is 2.13. The van der Waals surface area contributed by atoms with Crippen molar-refractivity contribution in [3.05, 3.63) is 47.4 Å². The van der Waals surface area contributed by atoms with Crippen molar-refractivity contribution in [2.75, 3.05) is 12.4 Å². The van der Waals surface area contributed by atoms with Gasteiger partial charge in [0.15, 0.2) is 0 Å². The molecule has 0 unspecified atom stereocenters. The predicted molar refractivity (Wildman–Crippen MR) is 68.1 cm³/mol.